The van der Waals surface area contributed by atoms with Gasteiger partial charge in [-0.2, -0.15) is 12.1 Å². The molecule has 3 heteroatoms. The van der Waals surface area contributed by atoms with Crippen LogP contribution in [0.15, 0.2) is 18.2 Å². The quantitative estimate of drug-likeness (QED) is 0.446. The molecule has 0 saturated carbocycles. The van der Waals surface area contributed by atoms with Gasteiger partial charge in [0.05, 0.1) is 11.5 Å². The Labute approximate surface area is 69.6 Å². The van der Waals surface area contributed by atoms with E-state index in [4.69, 9.17) is 9.47 Å². The average molecular weight is 185 g/mol. The molecular weight excluding hydrogens is 180 g/mol. The van der Waals surface area contributed by atoms with Crippen molar-refractivity contribution in [2.45, 2.75) is 0 Å². The van der Waals surface area contributed by atoms with E-state index in [1.807, 2.05) is 6.07 Å². The van der Waals surface area contributed by atoms with Crippen LogP contribution >= 0.6 is 0 Å². The van der Waals surface area contributed by atoms with Crippen molar-refractivity contribution in [1.82, 2.24) is 0 Å². The molecule has 0 fully saturated rings. The zero-order valence-corrected chi connectivity index (χ0v) is 6.00. The smallest absolute Gasteiger partial charge is 0.516 e. The number of benzene rings is 1. The second-order valence-corrected chi connectivity index (χ2v) is 1.78. The van der Waals surface area contributed by atoms with Crippen molar-refractivity contribution >= 4 is 0 Å². The maximum Gasteiger partial charge on any atom is 1.00 e. The van der Waals surface area contributed by atoms with Crippen LogP contribution < -0.4 is 9.47 Å². The normalized spacial score (nSPS) is 12.4. The molecule has 0 N–H and O–H groups in total. The molecule has 0 amide bonds. The van der Waals surface area contributed by atoms with Gasteiger partial charge in [0.1, 0.15) is 0 Å². The van der Waals surface area contributed by atoms with E-state index < -0.39 is 0 Å². The van der Waals surface area contributed by atoms with Crippen molar-refractivity contribution in [2.24, 2.45) is 0 Å². The van der Waals surface area contributed by atoms with Gasteiger partial charge >= 0.3 is 17.1 Å². The fourth-order valence-electron chi connectivity index (χ4n) is 0.789. The molecule has 0 saturated heterocycles. The van der Waals surface area contributed by atoms with E-state index in [0.717, 1.165) is 11.5 Å². The molecule has 0 aliphatic carbocycles. The van der Waals surface area contributed by atoms with Crippen LogP contribution in [0.3, 0.4) is 0 Å². The van der Waals surface area contributed by atoms with Crippen LogP contribution in [0.25, 0.3) is 0 Å². The molecule has 0 spiro atoms. The van der Waals surface area contributed by atoms with Crippen molar-refractivity contribution in [3.8, 4) is 11.5 Å². The molecule has 1 aromatic carbocycles. The summed E-state index contributed by atoms with van der Waals surface area (Å²) in [6.07, 6.45) is 0. The van der Waals surface area contributed by atoms with Gasteiger partial charge < -0.3 is 9.47 Å². The SMILES string of the molecule is [Cu+].[c-]1ccc2c(c1)OCO2. The number of fused-ring (bicyclic) bond motifs is 1. The van der Waals surface area contributed by atoms with Crippen LogP contribution in [0.1, 0.15) is 0 Å². The number of hydrogen-bond donors (Lipinski definition) is 0. The molecule has 2 nitrogen and oxygen atoms in total. The van der Waals surface area contributed by atoms with E-state index >= 15 is 0 Å². The van der Waals surface area contributed by atoms with Gasteiger partial charge in [0, 0.05) is 0 Å². The summed E-state index contributed by atoms with van der Waals surface area (Å²) in [6.45, 7) is 0.340. The second kappa shape index (κ2) is 2.95. The molecule has 1 heterocycles. The largest absolute Gasteiger partial charge is 1.00 e. The van der Waals surface area contributed by atoms with Gasteiger partial charge in [0.2, 0.25) is 6.79 Å². The van der Waals surface area contributed by atoms with Crippen molar-refractivity contribution in [1.29, 1.82) is 0 Å². The topological polar surface area (TPSA) is 18.5 Å². The first-order valence-electron chi connectivity index (χ1n) is 2.72. The third kappa shape index (κ3) is 1.10. The number of ether oxygens (including phenoxy) is 2. The molecule has 2 rings (SSSR count). The molecule has 1 aliphatic rings. The molecule has 1 aliphatic heterocycles. The van der Waals surface area contributed by atoms with Gasteiger partial charge in [-0.15, -0.1) is 12.1 Å². The maximum atomic E-state index is 5.06. The first kappa shape index (κ1) is 7.45. The number of hydrogen-bond acceptors (Lipinski definition) is 2. The van der Waals surface area contributed by atoms with Crippen LogP contribution in [0.2, 0.25) is 0 Å². The summed E-state index contributed by atoms with van der Waals surface area (Å²) in [5.74, 6) is 1.60. The van der Waals surface area contributed by atoms with Gasteiger partial charge in [0.15, 0.2) is 0 Å². The molecule has 10 heavy (non-hydrogen) atoms. The maximum absolute atomic E-state index is 5.06. The minimum absolute atomic E-state index is 0. The predicted octanol–water partition coefficient (Wildman–Crippen LogP) is 1.21. The molecule has 0 atom stereocenters. The van der Waals surface area contributed by atoms with E-state index in [1.165, 1.54) is 0 Å². The van der Waals surface area contributed by atoms with Crippen molar-refractivity contribution < 1.29 is 26.5 Å². The molecule has 0 radical (unpaired) electrons. The summed E-state index contributed by atoms with van der Waals surface area (Å²) in [6, 6.07) is 8.29. The third-order valence-electron chi connectivity index (χ3n) is 1.22. The zero-order chi connectivity index (χ0) is 6.10. The van der Waals surface area contributed by atoms with E-state index in [2.05, 4.69) is 6.07 Å². The monoisotopic (exact) mass is 184 g/mol. The van der Waals surface area contributed by atoms with Gasteiger partial charge in [-0.25, -0.2) is 0 Å². The molecule has 1 aromatic rings. The zero-order valence-electron chi connectivity index (χ0n) is 5.06. The Balaban J connectivity index is 0.000000500. The summed E-state index contributed by atoms with van der Waals surface area (Å²) in [4.78, 5) is 0. The summed E-state index contributed by atoms with van der Waals surface area (Å²) >= 11 is 0. The molecule has 0 aromatic heterocycles. The standard InChI is InChI=1S/C7H5O2.Cu/c1-2-4-7-6(3-1)8-5-9-7;/h1,3-4H,5H2;/q-1;+1. The Morgan fingerprint density at radius 1 is 1.30 bits per heavy atom. The average Bonchev–Trinajstić information content (AvgIpc) is 2.33. The van der Waals surface area contributed by atoms with Crippen LogP contribution in [-0.4, -0.2) is 6.79 Å². The molecule has 0 bridgehead atoms. The minimum Gasteiger partial charge on any atom is -0.516 e. The van der Waals surface area contributed by atoms with Crippen LogP contribution in [0, 0.1) is 6.07 Å². The predicted molar refractivity (Wildman–Crippen MR) is 31.4 cm³/mol. The molecular formula is C7H5CuO2. The summed E-state index contributed by atoms with van der Waals surface area (Å²) < 4.78 is 10.1. The van der Waals surface area contributed by atoms with E-state index in [-0.39, 0.29) is 17.1 Å². The fraction of sp³-hybridized carbons (Fsp3) is 0.143. The summed E-state index contributed by atoms with van der Waals surface area (Å²) in [7, 11) is 0. The Hall–Kier alpha value is -0.661. The van der Waals surface area contributed by atoms with Gasteiger partial charge in [-0.3, -0.25) is 0 Å². The van der Waals surface area contributed by atoms with Crippen molar-refractivity contribution in [3.05, 3.63) is 24.3 Å². The van der Waals surface area contributed by atoms with Crippen LogP contribution in [-0.2, 0) is 17.1 Å². The van der Waals surface area contributed by atoms with E-state index in [1.54, 1.807) is 12.1 Å². The van der Waals surface area contributed by atoms with E-state index in [9.17, 15) is 0 Å². The van der Waals surface area contributed by atoms with Gasteiger partial charge in [-0.1, -0.05) is 0 Å². The summed E-state index contributed by atoms with van der Waals surface area (Å²) in [5.41, 5.74) is 0. The van der Waals surface area contributed by atoms with Gasteiger partial charge in [-0.05, 0) is 0 Å². The Morgan fingerprint density at radius 2 is 2.10 bits per heavy atom. The van der Waals surface area contributed by atoms with E-state index in [0.29, 0.717) is 6.79 Å². The Morgan fingerprint density at radius 3 is 2.90 bits per heavy atom. The van der Waals surface area contributed by atoms with Crippen LogP contribution in [0.5, 0.6) is 11.5 Å². The third-order valence-corrected chi connectivity index (χ3v) is 1.22. The fourth-order valence-corrected chi connectivity index (χ4v) is 0.789. The van der Waals surface area contributed by atoms with Crippen molar-refractivity contribution in [2.75, 3.05) is 6.79 Å². The second-order valence-electron chi connectivity index (χ2n) is 1.78. The van der Waals surface area contributed by atoms with Gasteiger partial charge in [0.25, 0.3) is 0 Å². The first-order valence-corrected chi connectivity index (χ1v) is 2.72. The minimum atomic E-state index is 0. The summed E-state index contributed by atoms with van der Waals surface area (Å²) in [5, 5.41) is 0. The molecule has 0 unspecified atom stereocenters. The van der Waals surface area contributed by atoms with Crippen molar-refractivity contribution in [3.63, 3.8) is 0 Å². The Bertz CT molecular complexity index is 202. The Kier molecular flexibility index (Phi) is 2.20. The van der Waals surface area contributed by atoms with Crippen LogP contribution in [0.4, 0.5) is 0 Å². The number of rotatable bonds is 0. The molecule has 56 valence electrons. The first-order chi connectivity index (χ1) is 4.47.